The second-order valence-corrected chi connectivity index (χ2v) is 9.68. The molecule has 0 spiro atoms. The van der Waals surface area contributed by atoms with Gasteiger partial charge in [-0.1, -0.05) is 36.4 Å². The highest BCUT2D eigenvalue weighted by atomic mass is 15.1. The molecule has 0 atom stereocenters. The minimum Gasteiger partial charge on any atom is -0.276 e. The van der Waals surface area contributed by atoms with Crippen LogP contribution < -0.4 is 0 Å². The molecule has 0 aliphatic heterocycles. The zero-order valence-electron chi connectivity index (χ0n) is 18.8. The fraction of sp³-hybridized carbons (Fsp3) is 0.0645. The number of benzene rings is 3. The molecule has 7 aromatic rings. The van der Waals surface area contributed by atoms with E-state index in [0.29, 0.717) is 0 Å². The molecule has 0 bridgehead atoms. The molecule has 9 rings (SSSR count). The third-order valence-corrected chi connectivity index (χ3v) is 7.91. The smallest absolute Gasteiger partial charge is 0.149 e. The fourth-order valence-corrected chi connectivity index (χ4v) is 6.41. The van der Waals surface area contributed by atoms with Crippen LogP contribution in [-0.2, 0) is 12.8 Å². The molecule has 4 aromatic heterocycles. The molecule has 35 heavy (non-hydrogen) atoms. The first kappa shape index (κ1) is 17.8. The summed E-state index contributed by atoms with van der Waals surface area (Å²) in [6.45, 7) is 0. The molecular weight excluding hydrogens is 428 g/mol. The fourth-order valence-electron chi connectivity index (χ4n) is 6.41. The number of hydrogen-bond donors (Lipinski definition) is 0. The third kappa shape index (κ3) is 2.15. The van der Waals surface area contributed by atoms with E-state index in [-0.39, 0.29) is 0 Å². The maximum atomic E-state index is 5.25. The molecule has 4 heterocycles. The quantitative estimate of drug-likeness (QED) is 0.243. The SMILES string of the molecule is c1ccc2c(c1)Cc1cc3c(cc1-2)-c1ccc2c(nc4c5cccnc5c5cccnc5n24)c1C3. The van der Waals surface area contributed by atoms with Crippen LogP contribution in [0.2, 0.25) is 0 Å². The standard InChI is InChI=1S/C31H18N4/c1-2-6-20-17(5-1)13-18-14-19-15-26-21(25(19)16-24(18)20)9-10-27-29(26)34-31-23-8-3-11-32-28(23)22-7-4-12-33-30(22)35(27)31/h1-12,14,16H,13,15H2. The molecule has 0 unspecified atom stereocenters. The zero-order valence-corrected chi connectivity index (χ0v) is 18.8. The Labute approximate surface area is 200 Å². The Balaban J connectivity index is 1.36. The molecule has 0 N–H and O–H groups in total. The van der Waals surface area contributed by atoms with Crippen LogP contribution in [-0.4, -0.2) is 19.4 Å². The average Bonchev–Trinajstić information content (AvgIpc) is 3.58. The van der Waals surface area contributed by atoms with Crippen molar-refractivity contribution in [3.8, 4) is 22.3 Å². The highest BCUT2D eigenvalue weighted by Crippen LogP contribution is 2.46. The van der Waals surface area contributed by atoms with E-state index in [1.807, 2.05) is 24.5 Å². The monoisotopic (exact) mass is 446 g/mol. The molecule has 4 nitrogen and oxygen atoms in total. The first-order chi connectivity index (χ1) is 17.3. The van der Waals surface area contributed by atoms with Crippen molar-refractivity contribution < 1.29 is 0 Å². The Hall–Kier alpha value is -4.57. The number of hydrogen-bond acceptors (Lipinski definition) is 3. The van der Waals surface area contributed by atoms with Gasteiger partial charge in [0.2, 0.25) is 0 Å². The van der Waals surface area contributed by atoms with E-state index < -0.39 is 0 Å². The summed E-state index contributed by atoms with van der Waals surface area (Å²) in [5.74, 6) is 0. The number of rotatable bonds is 0. The Morgan fingerprint density at radius 2 is 1.37 bits per heavy atom. The highest BCUT2D eigenvalue weighted by Gasteiger charge is 2.28. The summed E-state index contributed by atoms with van der Waals surface area (Å²) in [7, 11) is 0. The lowest BCUT2D eigenvalue weighted by molar-refractivity contribution is 1.22. The summed E-state index contributed by atoms with van der Waals surface area (Å²) >= 11 is 0. The Kier molecular flexibility index (Phi) is 3.11. The van der Waals surface area contributed by atoms with E-state index in [2.05, 4.69) is 65.1 Å². The molecule has 0 radical (unpaired) electrons. The van der Waals surface area contributed by atoms with Crippen LogP contribution in [0, 0.1) is 0 Å². The number of aromatic nitrogens is 4. The van der Waals surface area contributed by atoms with Crippen molar-refractivity contribution in [1.82, 2.24) is 19.4 Å². The van der Waals surface area contributed by atoms with Gasteiger partial charge >= 0.3 is 0 Å². The zero-order chi connectivity index (χ0) is 22.7. The van der Waals surface area contributed by atoms with Gasteiger partial charge in [0.15, 0.2) is 0 Å². The minimum absolute atomic E-state index is 0.905. The molecule has 162 valence electrons. The van der Waals surface area contributed by atoms with Gasteiger partial charge in [0.25, 0.3) is 0 Å². The van der Waals surface area contributed by atoms with E-state index in [4.69, 9.17) is 15.0 Å². The van der Waals surface area contributed by atoms with Gasteiger partial charge in [0.1, 0.15) is 11.3 Å². The molecule has 4 heteroatoms. The lowest BCUT2D eigenvalue weighted by atomic mass is 9.98. The maximum Gasteiger partial charge on any atom is 0.149 e. The van der Waals surface area contributed by atoms with Crippen LogP contribution in [0.15, 0.2) is 85.2 Å². The largest absolute Gasteiger partial charge is 0.276 e. The number of pyridine rings is 3. The van der Waals surface area contributed by atoms with Crippen molar-refractivity contribution in [2.75, 3.05) is 0 Å². The first-order valence-electron chi connectivity index (χ1n) is 12.0. The molecular formula is C31H18N4. The predicted octanol–water partition coefficient (Wildman–Crippen LogP) is 6.73. The van der Waals surface area contributed by atoms with Gasteiger partial charge in [-0.2, -0.15) is 0 Å². The van der Waals surface area contributed by atoms with Gasteiger partial charge < -0.3 is 0 Å². The summed E-state index contributed by atoms with van der Waals surface area (Å²) < 4.78 is 2.22. The van der Waals surface area contributed by atoms with Gasteiger partial charge in [0, 0.05) is 29.6 Å². The molecule has 2 aliphatic carbocycles. The first-order valence-corrected chi connectivity index (χ1v) is 12.0. The van der Waals surface area contributed by atoms with Gasteiger partial charge in [0.05, 0.1) is 16.6 Å². The average molecular weight is 447 g/mol. The molecule has 0 fully saturated rings. The van der Waals surface area contributed by atoms with Gasteiger partial charge in [-0.3, -0.25) is 9.38 Å². The van der Waals surface area contributed by atoms with E-state index >= 15 is 0 Å². The van der Waals surface area contributed by atoms with Crippen molar-refractivity contribution >= 4 is 38.6 Å². The topological polar surface area (TPSA) is 43.1 Å². The summed E-state index contributed by atoms with van der Waals surface area (Å²) in [5, 5.41) is 2.11. The minimum atomic E-state index is 0.905. The summed E-state index contributed by atoms with van der Waals surface area (Å²) in [6, 6.07) is 26.3. The lowest BCUT2D eigenvalue weighted by Crippen LogP contribution is -1.94. The van der Waals surface area contributed by atoms with Gasteiger partial charge in [-0.15, -0.1) is 0 Å². The highest BCUT2D eigenvalue weighted by molar-refractivity contribution is 6.11. The Morgan fingerprint density at radius 3 is 2.31 bits per heavy atom. The summed E-state index contributed by atoms with van der Waals surface area (Å²) in [5.41, 5.74) is 16.0. The molecule has 0 saturated heterocycles. The maximum absolute atomic E-state index is 5.25. The van der Waals surface area contributed by atoms with Crippen LogP contribution in [0.25, 0.3) is 60.9 Å². The molecule has 0 saturated carbocycles. The van der Waals surface area contributed by atoms with Crippen molar-refractivity contribution in [3.05, 3.63) is 107 Å². The Morgan fingerprint density at radius 1 is 0.571 bits per heavy atom. The summed E-state index contributed by atoms with van der Waals surface area (Å²) in [4.78, 5) is 14.7. The van der Waals surface area contributed by atoms with E-state index in [1.54, 1.807) is 0 Å². The number of fused-ring (bicyclic) bond motifs is 15. The van der Waals surface area contributed by atoms with Gasteiger partial charge in [-0.25, -0.2) is 9.97 Å². The van der Waals surface area contributed by atoms with Crippen molar-refractivity contribution in [3.63, 3.8) is 0 Å². The van der Waals surface area contributed by atoms with Crippen LogP contribution in [0.3, 0.4) is 0 Å². The lowest BCUT2D eigenvalue weighted by Gasteiger charge is -2.07. The summed E-state index contributed by atoms with van der Waals surface area (Å²) in [6.07, 6.45) is 5.64. The molecule has 3 aromatic carbocycles. The second-order valence-electron chi connectivity index (χ2n) is 9.68. The van der Waals surface area contributed by atoms with Gasteiger partial charge in [-0.05, 0) is 87.3 Å². The third-order valence-electron chi connectivity index (χ3n) is 7.91. The van der Waals surface area contributed by atoms with Crippen molar-refractivity contribution in [1.29, 1.82) is 0 Å². The van der Waals surface area contributed by atoms with Crippen molar-refractivity contribution in [2.45, 2.75) is 12.8 Å². The normalized spacial score (nSPS) is 13.5. The van der Waals surface area contributed by atoms with Crippen LogP contribution in [0.1, 0.15) is 22.3 Å². The van der Waals surface area contributed by atoms with Crippen LogP contribution in [0.4, 0.5) is 0 Å². The van der Waals surface area contributed by atoms with E-state index in [1.165, 1.54) is 44.5 Å². The predicted molar refractivity (Wildman–Crippen MR) is 140 cm³/mol. The molecule has 0 amide bonds. The number of imidazole rings is 1. The van der Waals surface area contributed by atoms with Crippen LogP contribution in [0.5, 0.6) is 0 Å². The van der Waals surface area contributed by atoms with E-state index in [9.17, 15) is 0 Å². The van der Waals surface area contributed by atoms with Crippen LogP contribution >= 0.6 is 0 Å². The second kappa shape index (κ2) is 6.10. The van der Waals surface area contributed by atoms with Crippen molar-refractivity contribution in [2.24, 2.45) is 0 Å². The molecule has 2 aliphatic rings. The van der Waals surface area contributed by atoms with E-state index in [0.717, 1.165) is 51.5 Å². The Bertz CT molecular complexity index is 2070. The number of nitrogens with zero attached hydrogens (tertiary/aromatic N) is 4.